The highest BCUT2D eigenvalue weighted by Gasteiger charge is 2.36. The minimum atomic E-state index is -3.48. The molecule has 0 spiro atoms. The van der Waals surface area contributed by atoms with Crippen LogP contribution in [0.25, 0.3) is 0 Å². The van der Waals surface area contributed by atoms with Crippen molar-refractivity contribution in [2.45, 2.75) is 48.8 Å². The van der Waals surface area contributed by atoms with E-state index in [9.17, 15) is 13.2 Å². The number of aromatic nitrogens is 2. The number of amides is 1. The molecule has 146 valence electrons. The summed E-state index contributed by atoms with van der Waals surface area (Å²) >= 11 is 1.21. The topological polar surface area (TPSA) is 96.6 Å². The van der Waals surface area contributed by atoms with Gasteiger partial charge in [-0.15, -0.1) is 11.3 Å². The van der Waals surface area contributed by atoms with E-state index >= 15 is 0 Å². The van der Waals surface area contributed by atoms with Crippen LogP contribution in [0.4, 0.5) is 0 Å². The summed E-state index contributed by atoms with van der Waals surface area (Å²) in [5, 5.41) is 5.75. The fraction of sp³-hybridized carbons (Fsp3) is 0.588. The molecule has 0 bridgehead atoms. The second kappa shape index (κ2) is 7.33. The molecule has 3 heterocycles. The van der Waals surface area contributed by atoms with Crippen LogP contribution in [0.5, 0.6) is 0 Å². The van der Waals surface area contributed by atoms with Crippen molar-refractivity contribution in [3.05, 3.63) is 29.2 Å². The zero-order valence-corrected chi connectivity index (χ0v) is 16.7. The predicted molar refractivity (Wildman–Crippen MR) is 98.8 cm³/mol. The summed E-state index contributed by atoms with van der Waals surface area (Å²) < 4.78 is 32.4. The minimum Gasteiger partial charge on any atom is -0.339 e. The molecule has 1 saturated heterocycles. The quantitative estimate of drug-likeness (QED) is 0.691. The Hall–Kier alpha value is -1.78. The highest BCUT2D eigenvalue weighted by atomic mass is 32.2. The number of thiophene rings is 1. The first kappa shape index (κ1) is 18.6. The Kier molecular flexibility index (Phi) is 5.04. The molecule has 2 aliphatic rings. The highest BCUT2D eigenvalue weighted by Crippen LogP contribution is 2.38. The molecule has 27 heavy (non-hydrogen) atoms. The van der Waals surface area contributed by atoms with Crippen LogP contribution in [-0.2, 0) is 21.2 Å². The maximum absolute atomic E-state index is 12.7. The van der Waals surface area contributed by atoms with Crippen molar-refractivity contribution in [3.8, 4) is 0 Å². The average molecular weight is 411 g/mol. The first-order chi connectivity index (χ1) is 12.9. The van der Waals surface area contributed by atoms with Gasteiger partial charge in [-0.05, 0) is 30.7 Å². The Bertz CT molecular complexity index is 905. The van der Waals surface area contributed by atoms with E-state index in [1.807, 2.05) is 0 Å². The van der Waals surface area contributed by atoms with Gasteiger partial charge in [-0.25, -0.2) is 8.42 Å². The van der Waals surface area contributed by atoms with E-state index in [-0.39, 0.29) is 11.9 Å². The molecule has 1 saturated carbocycles. The number of rotatable bonds is 7. The molecule has 2 aromatic rings. The van der Waals surface area contributed by atoms with E-state index in [1.165, 1.54) is 22.6 Å². The SMILES string of the molecule is CC(=O)N(CCc1noc(C2CC2)n1)C1CCN(S(=O)(=O)c2cccs2)C1. The Labute approximate surface area is 162 Å². The van der Waals surface area contributed by atoms with E-state index in [2.05, 4.69) is 10.1 Å². The molecule has 10 heteroatoms. The lowest BCUT2D eigenvalue weighted by Crippen LogP contribution is -2.42. The number of sulfonamides is 1. The lowest BCUT2D eigenvalue weighted by atomic mass is 10.2. The molecular formula is C17H22N4O4S2. The standard InChI is InChI=1S/C17H22N4O4S2/c1-12(22)21(9-7-15-18-17(25-19-15)13-4-5-13)14-6-8-20(11-14)27(23,24)16-3-2-10-26-16/h2-3,10,13-14H,4-9,11H2,1H3. The number of hydrogen-bond donors (Lipinski definition) is 0. The summed E-state index contributed by atoms with van der Waals surface area (Å²) in [6, 6.07) is 3.21. The van der Waals surface area contributed by atoms with Gasteiger partial charge in [0.2, 0.25) is 11.8 Å². The van der Waals surface area contributed by atoms with E-state index in [0.717, 1.165) is 12.8 Å². The molecule has 4 rings (SSSR count). The molecule has 0 radical (unpaired) electrons. The molecule has 1 amide bonds. The van der Waals surface area contributed by atoms with Crippen LogP contribution in [0, 0.1) is 0 Å². The predicted octanol–water partition coefficient (Wildman–Crippen LogP) is 1.86. The summed E-state index contributed by atoms with van der Waals surface area (Å²) in [5.41, 5.74) is 0. The van der Waals surface area contributed by atoms with Crippen molar-refractivity contribution >= 4 is 27.3 Å². The normalized spacial score (nSPS) is 20.9. The van der Waals surface area contributed by atoms with Crippen LogP contribution in [0.3, 0.4) is 0 Å². The average Bonchev–Trinajstić information content (AvgIpc) is 3.10. The second-order valence-electron chi connectivity index (χ2n) is 7.02. The Morgan fingerprint density at radius 2 is 2.22 bits per heavy atom. The van der Waals surface area contributed by atoms with Gasteiger partial charge in [-0.2, -0.15) is 9.29 Å². The zero-order valence-electron chi connectivity index (χ0n) is 15.1. The van der Waals surface area contributed by atoms with Crippen LogP contribution >= 0.6 is 11.3 Å². The van der Waals surface area contributed by atoms with Gasteiger partial charge in [0, 0.05) is 44.9 Å². The number of nitrogens with zero attached hydrogens (tertiary/aromatic N) is 4. The Balaban J connectivity index is 1.39. The summed E-state index contributed by atoms with van der Waals surface area (Å²) in [7, 11) is -3.48. The van der Waals surface area contributed by atoms with E-state index < -0.39 is 10.0 Å². The van der Waals surface area contributed by atoms with Crippen molar-refractivity contribution in [1.29, 1.82) is 0 Å². The highest BCUT2D eigenvalue weighted by molar-refractivity contribution is 7.91. The van der Waals surface area contributed by atoms with Crippen LogP contribution in [-0.4, -0.2) is 59.3 Å². The van der Waals surface area contributed by atoms with Crippen molar-refractivity contribution < 1.29 is 17.7 Å². The molecule has 0 aromatic carbocycles. The van der Waals surface area contributed by atoms with Gasteiger partial charge in [-0.3, -0.25) is 4.79 Å². The van der Waals surface area contributed by atoms with E-state index in [0.29, 0.717) is 54.3 Å². The van der Waals surface area contributed by atoms with Crippen molar-refractivity contribution in [1.82, 2.24) is 19.3 Å². The van der Waals surface area contributed by atoms with Gasteiger partial charge in [0.05, 0.1) is 0 Å². The maximum Gasteiger partial charge on any atom is 0.252 e. The molecule has 1 aliphatic carbocycles. The van der Waals surface area contributed by atoms with Gasteiger partial charge >= 0.3 is 0 Å². The second-order valence-corrected chi connectivity index (χ2v) is 10.1. The van der Waals surface area contributed by atoms with Crippen molar-refractivity contribution in [2.24, 2.45) is 0 Å². The first-order valence-electron chi connectivity index (χ1n) is 9.08. The Morgan fingerprint density at radius 3 is 2.89 bits per heavy atom. The summed E-state index contributed by atoms with van der Waals surface area (Å²) in [4.78, 5) is 18.3. The van der Waals surface area contributed by atoms with Crippen molar-refractivity contribution in [3.63, 3.8) is 0 Å². The third kappa shape index (κ3) is 3.92. The molecule has 0 N–H and O–H groups in total. The monoisotopic (exact) mass is 410 g/mol. The van der Waals surface area contributed by atoms with E-state index in [4.69, 9.17) is 4.52 Å². The summed E-state index contributed by atoms with van der Waals surface area (Å²) in [5.74, 6) is 1.62. The van der Waals surface area contributed by atoms with Gasteiger partial charge in [0.25, 0.3) is 10.0 Å². The third-order valence-electron chi connectivity index (χ3n) is 5.05. The summed E-state index contributed by atoms with van der Waals surface area (Å²) in [6.45, 7) is 2.71. The fourth-order valence-electron chi connectivity index (χ4n) is 3.40. The smallest absolute Gasteiger partial charge is 0.252 e. The maximum atomic E-state index is 12.7. The van der Waals surface area contributed by atoms with Crippen LogP contribution < -0.4 is 0 Å². The van der Waals surface area contributed by atoms with Crippen LogP contribution in [0.2, 0.25) is 0 Å². The van der Waals surface area contributed by atoms with Crippen LogP contribution in [0.1, 0.15) is 43.8 Å². The molecule has 8 nitrogen and oxygen atoms in total. The summed E-state index contributed by atoms with van der Waals surface area (Å²) in [6.07, 6.45) is 3.32. The largest absolute Gasteiger partial charge is 0.339 e. The van der Waals surface area contributed by atoms with Gasteiger partial charge < -0.3 is 9.42 Å². The zero-order chi connectivity index (χ0) is 19.0. The van der Waals surface area contributed by atoms with Gasteiger partial charge in [0.15, 0.2) is 5.82 Å². The van der Waals surface area contributed by atoms with Gasteiger partial charge in [0.1, 0.15) is 4.21 Å². The molecule has 1 unspecified atom stereocenters. The Morgan fingerprint density at radius 1 is 1.41 bits per heavy atom. The lowest BCUT2D eigenvalue weighted by Gasteiger charge is -2.27. The van der Waals surface area contributed by atoms with Crippen LogP contribution in [0.15, 0.2) is 26.2 Å². The molecular weight excluding hydrogens is 388 g/mol. The number of hydrogen-bond acceptors (Lipinski definition) is 7. The van der Waals surface area contributed by atoms with Crippen molar-refractivity contribution in [2.75, 3.05) is 19.6 Å². The fourth-order valence-corrected chi connectivity index (χ4v) is 6.04. The molecule has 1 aliphatic heterocycles. The molecule has 1 atom stereocenters. The number of carbonyl (C=O) groups excluding carboxylic acids is 1. The third-order valence-corrected chi connectivity index (χ3v) is 8.29. The van der Waals surface area contributed by atoms with E-state index in [1.54, 1.807) is 22.4 Å². The lowest BCUT2D eigenvalue weighted by molar-refractivity contribution is -0.130. The minimum absolute atomic E-state index is 0.0683. The first-order valence-corrected chi connectivity index (χ1v) is 11.4. The molecule has 2 aromatic heterocycles. The number of carbonyl (C=O) groups is 1. The van der Waals surface area contributed by atoms with Gasteiger partial charge in [-0.1, -0.05) is 11.2 Å². The molecule has 2 fully saturated rings.